The van der Waals surface area contributed by atoms with Gasteiger partial charge in [-0.1, -0.05) is 18.2 Å². The lowest BCUT2D eigenvalue weighted by Crippen LogP contribution is -2.24. The number of sulfonamides is 1. The molecule has 0 aromatic heterocycles. The lowest BCUT2D eigenvalue weighted by atomic mass is 10.0. The standard InChI is InChI=1S/C24H31N3O5S/c1-26(2)12-6-7-13-27(3)20-8-4-5-9-21(20)33(30,31)25-19-11-10-17-18-14-16(18)15-32-23(17)22(19)24(28)29/h4-5,8-11,16,18,25H,6-7,12-15H2,1-3H3,(H,28,29). The van der Waals surface area contributed by atoms with Gasteiger partial charge in [0.15, 0.2) is 0 Å². The first-order valence-corrected chi connectivity index (χ1v) is 12.7. The number of carbonyl (C=O) groups is 1. The van der Waals surface area contributed by atoms with Gasteiger partial charge < -0.3 is 19.6 Å². The minimum atomic E-state index is -4.04. The molecule has 0 bridgehead atoms. The van der Waals surface area contributed by atoms with Gasteiger partial charge in [-0.3, -0.25) is 4.72 Å². The Bertz CT molecular complexity index is 1150. The highest BCUT2D eigenvalue weighted by atomic mass is 32.2. The van der Waals surface area contributed by atoms with Gasteiger partial charge in [-0.15, -0.1) is 0 Å². The molecular formula is C24H31N3O5S. The largest absolute Gasteiger partial charge is 0.492 e. The lowest BCUT2D eigenvalue weighted by Gasteiger charge is -2.24. The van der Waals surface area contributed by atoms with Crippen molar-refractivity contribution in [3.63, 3.8) is 0 Å². The van der Waals surface area contributed by atoms with E-state index in [0.29, 0.717) is 30.7 Å². The van der Waals surface area contributed by atoms with Crippen LogP contribution in [0, 0.1) is 5.92 Å². The molecule has 2 N–H and O–H groups in total. The summed E-state index contributed by atoms with van der Waals surface area (Å²) in [5.41, 5.74) is 1.31. The molecule has 9 heteroatoms. The molecule has 2 aliphatic rings. The number of rotatable bonds is 10. The Hall–Kier alpha value is -2.78. The summed E-state index contributed by atoms with van der Waals surface area (Å²) in [4.78, 5) is 16.2. The van der Waals surface area contributed by atoms with Crippen LogP contribution in [0.1, 0.15) is 41.1 Å². The van der Waals surface area contributed by atoms with Gasteiger partial charge in [-0.25, -0.2) is 13.2 Å². The zero-order chi connectivity index (χ0) is 23.8. The first-order chi connectivity index (χ1) is 15.7. The summed E-state index contributed by atoms with van der Waals surface area (Å²) < 4.78 is 35.0. The number of carboxylic acids is 1. The Balaban J connectivity index is 1.60. The van der Waals surface area contributed by atoms with Gasteiger partial charge in [0, 0.05) is 19.5 Å². The molecule has 0 saturated heterocycles. The van der Waals surface area contributed by atoms with Crippen molar-refractivity contribution in [2.75, 3.05) is 50.5 Å². The monoisotopic (exact) mass is 473 g/mol. The number of hydrogen-bond donors (Lipinski definition) is 2. The fourth-order valence-electron chi connectivity index (χ4n) is 4.44. The number of anilines is 2. The highest BCUT2D eigenvalue weighted by molar-refractivity contribution is 7.92. The number of fused-ring (bicyclic) bond motifs is 3. The van der Waals surface area contributed by atoms with E-state index in [2.05, 4.69) is 9.62 Å². The number of unbranched alkanes of at least 4 members (excludes halogenated alkanes) is 1. The zero-order valence-electron chi connectivity index (χ0n) is 19.2. The van der Waals surface area contributed by atoms with Crippen LogP contribution >= 0.6 is 0 Å². The summed E-state index contributed by atoms with van der Waals surface area (Å²) in [6, 6.07) is 10.1. The SMILES string of the molecule is CN(C)CCCCN(C)c1ccccc1S(=O)(=O)Nc1ccc2c(c1C(=O)O)OCC1CC21. The highest BCUT2D eigenvalue weighted by Crippen LogP contribution is 2.55. The molecule has 2 atom stereocenters. The van der Waals surface area contributed by atoms with Gasteiger partial charge in [-0.2, -0.15) is 0 Å². The van der Waals surface area contributed by atoms with Crippen molar-refractivity contribution in [3.05, 3.63) is 47.5 Å². The van der Waals surface area contributed by atoms with E-state index in [1.54, 1.807) is 24.3 Å². The zero-order valence-corrected chi connectivity index (χ0v) is 20.1. The van der Waals surface area contributed by atoms with Crippen molar-refractivity contribution >= 4 is 27.4 Å². The van der Waals surface area contributed by atoms with Crippen LogP contribution in [0.3, 0.4) is 0 Å². The minimum absolute atomic E-state index is 0.0174. The van der Waals surface area contributed by atoms with Crippen LogP contribution < -0.4 is 14.4 Å². The Kier molecular flexibility index (Phi) is 6.54. The van der Waals surface area contributed by atoms with Crippen LogP contribution in [0.25, 0.3) is 0 Å². The van der Waals surface area contributed by atoms with Crippen LogP contribution in [0.2, 0.25) is 0 Å². The molecule has 0 radical (unpaired) electrons. The summed E-state index contributed by atoms with van der Waals surface area (Å²) in [7, 11) is 1.88. The summed E-state index contributed by atoms with van der Waals surface area (Å²) >= 11 is 0. The number of nitrogens with zero attached hydrogens (tertiary/aromatic N) is 2. The van der Waals surface area contributed by atoms with Crippen LogP contribution in [0.5, 0.6) is 5.75 Å². The number of carboxylic acid groups (broad SMARTS) is 1. The molecule has 0 spiro atoms. The van der Waals surface area contributed by atoms with Crippen LogP contribution in [-0.4, -0.2) is 65.2 Å². The Morgan fingerprint density at radius 1 is 1.12 bits per heavy atom. The molecule has 2 aromatic carbocycles. The number of hydrogen-bond acceptors (Lipinski definition) is 6. The van der Waals surface area contributed by atoms with E-state index in [9.17, 15) is 18.3 Å². The molecule has 8 nitrogen and oxygen atoms in total. The van der Waals surface area contributed by atoms with E-state index in [1.165, 1.54) is 12.1 Å². The number of para-hydroxylation sites is 1. The first-order valence-electron chi connectivity index (χ1n) is 11.2. The second kappa shape index (κ2) is 9.23. The number of ether oxygens (including phenoxy) is 1. The second-order valence-electron chi connectivity index (χ2n) is 9.13. The van der Waals surface area contributed by atoms with Crippen LogP contribution in [0.15, 0.2) is 41.3 Å². The Morgan fingerprint density at radius 3 is 2.58 bits per heavy atom. The summed E-state index contributed by atoms with van der Waals surface area (Å²) in [5, 5.41) is 9.86. The van der Waals surface area contributed by atoms with Gasteiger partial charge in [0.25, 0.3) is 10.0 Å². The molecule has 1 aliphatic heterocycles. The molecule has 2 aromatic rings. The molecular weight excluding hydrogens is 442 g/mol. The first kappa shape index (κ1) is 23.4. The average molecular weight is 474 g/mol. The van der Waals surface area contributed by atoms with E-state index in [1.807, 2.05) is 26.0 Å². The van der Waals surface area contributed by atoms with Gasteiger partial charge in [0.05, 0.1) is 18.0 Å². The summed E-state index contributed by atoms with van der Waals surface area (Å²) in [6.45, 7) is 2.14. The predicted octanol–water partition coefficient (Wildman–Crippen LogP) is 3.46. The maximum Gasteiger partial charge on any atom is 0.341 e. The smallest absolute Gasteiger partial charge is 0.341 e. The van der Waals surface area contributed by atoms with E-state index in [4.69, 9.17) is 4.74 Å². The predicted molar refractivity (Wildman–Crippen MR) is 128 cm³/mol. The molecule has 2 unspecified atom stereocenters. The third-order valence-corrected chi connectivity index (χ3v) is 7.74. The van der Waals surface area contributed by atoms with Gasteiger partial charge in [0.1, 0.15) is 16.2 Å². The number of aromatic carboxylic acids is 1. The number of nitrogens with one attached hydrogen (secondary N) is 1. The van der Waals surface area contributed by atoms with Crippen molar-refractivity contribution in [1.29, 1.82) is 0 Å². The molecule has 1 heterocycles. The fourth-order valence-corrected chi connectivity index (χ4v) is 5.77. The molecule has 33 heavy (non-hydrogen) atoms. The van der Waals surface area contributed by atoms with E-state index >= 15 is 0 Å². The number of benzene rings is 2. The third kappa shape index (κ3) is 4.94. The molecule has 1 aliphatic carbocycles. The van der Waals surface area contributed by atoms with E-state index in [0.717, 1.165) is 31.4 Å². The fraction of sp³-hybridized carbons (Fsp3) is 0.458. The third-order valence-electron chi connectivity index (χ3n) is 6.33. The van der Waals surface area contributed by atoms with Crippen LogP contribution in [0.4, 0.5) is 11.4 Å². The molecule has 0 amide bonds. The van der Waals surface area contributed by atoms with Crippen molar-refractivity contribution in [3.8, 4) is 5.75 Å². The molecule has 178 valence electrons. The van der Waals surface area contributed by atoms with Crippen molar-refractivity contribution in [2.24, 2.45) is 5.92 Å². The maximum atomic E-state index is 13.4. The second-order valence-corrected chi connectivity index (χ2v) is 10.8. The van der Waals surface area contributed by atoms with E-state index < -0.39 is 16.0 Å². The van der Waals surface area contributed by atoms with E-state index in [-0.39, 0.29) is 21.9 Å². The minimum Gasteiger partial charge on any atom is -0.492 e. The van der Waals surface area contributed by atoms with Gasteiger partial charge >= 0.3 is 5.97 Å². The maximum absolute atomic E-state index is 13.4. The average Bonchev–Trinajstić information content (AvgIpc) is 3.56. The van der Waals surface area contributed by atoms with Crippen molar-refractivity contribution in [2.45, 2.75) is 30.1 Å². The van der Waals surface area contributed by atoms with Gasteiger partial charge in [0.2, 0.25) is 0 Å². The topological polar surface area (TPSA) is 99.2 Å². The van der Waals surface area contributed by atoms with Gasteiger partial charge in [-0.05, 0) is 69.6 Å². The normalized spacial score (nSPS) is 18.8. The Labute approximate surface area is 195 Å². The lowest BCUT2D eigenvalue weighted by molar-refractivity contribution is 0.0692. The highest BCUT2D eigenvalue weighted by Gasteiger charge is 2.45. The van der Waals surface area contributed by atoms with Crippen LogP contribution in [-0.2, 0) is 10.0 Å². The van der Waals surface area contributed by atoms with Crippen molar-refractivity contribution in [1.82, 2.24) is 4.90 Å². The quantitative estimate of drug-likeness (QED) is 0.510. The Morgan fingerprint density at radius 2 is 1.85 bits per heavy atom. The molecule has 4 rings (SSSR count). The van der Waals surface area contributed by atoms with Crippen molar-refractivity contribution < 1.29 is 23.1 Å². The summed E-state index contributed by atoms with van der Waals surface area (Å²) in [5.74, 6) is -0.191. The summed E-state index contributed by atoms with van der Waals surface area (Å²) in [6.07, 6.45) is 2.90. The molecule has 1 fully saturated rings. The molecule has 1 saturated carbocycles.